The predicted molar refractivity (Wildman–Crippen MR) is 277 cm³/mol. The lowest BCUT2D eigenvalue weighted by atomic mass is 9.74. The van der Waals surface area contributed by atoms with Gasteiger partial charge in [-0.1, -0.05) is 66.2 Å². The number of phenols is 3. The highest BCUT2D eigenvalue weighted by molar-refractivity contribution is 5.89. The number of hydrogen-bond acceptors (Lipinski definition) is 10. The number of fused-ring (bicyclic) bond motifs is 8. The maximum absolute atomic E-state index is 12.4. The summed E-state index contributed by atoms with van der Waals surface area (Å²) in [6.45, 7) is 3.91. The molecule has 8 aromatic carbocycles. The summed E-state index contributed by atoms with van der Waals surface area (Å²) in [7, 11) is 5.96. The third-order valence-electron chi connectivity index (χ3n) is 14.1. The Morgan fingerprint density at radius 1 is 0.338 bits per heavy atom. The van der Waals surface area contributed by atoms with E-state index in [4.69, 9.17) is 18.9 Å². The van der Waals surface area contributed by atoms with Gasteiger partial charge in [0.15, 0.2) is 0 Å². The van der Waals surface area contributed by atoms with E-state index >= 15 is 0 Å². The molecule has 13 heteroatoms. The average Bonchev–Trinajstić information content (AvgIpc) is 3.39. The summed E-state index contributed by atoms with van der Waals surface area (Å²) in [5.74, 6) is -6.17. The number of aromatic hydroxyl groups is 3. The van der Waals surface area contributed by atoms with Crippen LogP contribution in [0.3, 0.4) is 0 Å². The van der Waals surface area contributed by atoms with E-state index in [0.717, 1.165) is 22.3 Å². The number of carbonyl (C=O) groups is 3. The first-order valence-corrected chi connectivity index (χ1v) is 23.5. The number of ether oxygens (including phenoxy) is 4. The second kappa shape index (κ2) is 20.1. The molecule has 9 rings (SSSR count). The predicted octanol–water partition coefficient (Wildman–Crippen LogP) is 11.6. The van der Waals surface area contributed by atoms with Crippen LogP contribution in [0, 0.1) is 13.8 Å². The molecule has 8 bridgehead atoms. The lowest BCUT2D eigenvalue weighted by Gasteiger charge is -2.31. The summed E-state index contributed by atoms with van der Waals surface area (Å²) >= 11 is 0. The van der Waals surface area contributed by atoms with Crippen molar-refractivity contribution < 1.29 is 64.0 Å². The molecule has 74 heavy (non-hydrogen) atoms. The fourth-order valence-electron chi connectivity index (χ4n) is 10.5. The second-order valence-electron chi connectivity index (χ2n) is 18.3. The number of rotatable bonds is 11. The molecule has 6 N–H and O–H groups in total. The molecule has 0 heterocycles. The molecule has 0 saturated carbocycles. The fraction of sp³-hybridized carbons (Fsp3) is 0.164. The first-order valence-electron chi connectivity index (χ1n) is 23.5. The minimum atomic E-state index is -1.15. The van der Waals surface area contributed by atoms with Crippen LogP contribution in [0.2, 0.25) is 0 Å². The SMILES string of the molecule is COc1cc(O)c2cc1C(c1ccc(C(=O)O)cc1)c1cc(c(OC)cc1C)C(c1ccc(C)cc1)c1cc(c(OC)cc1O)C(c1ccc(C(=O)O)cc1)c1cc(c(OC)cc1O)C2c1ccc(C(=O)O)cc1. The molecule has 374 valence electrons. The van der Waals surface area contributed by atoms with Gasteiger partial charge in [0, 0.05) is 80.8 Å². The minimum absolute atomic E-state index is 0.0136. The lowest BCUT2D eigenvalue weighted by molar-refractivity contribution is 0.0686. The van der Waals surface area contributed by atoms with Crippen molar-refractivity contribution in [3.8, 4) is 40.2 Å². The number of phenolic OH excluding ortho intramolecular Hbond substituents is 3. The second-order valence-corrected chi connectivity index (χ2v) is 18.3. The third kappa shape index (κ3) is 9.04. The molecule has 1 aliphatic carbocycles. The highest BCUT2D eigenvalue weighted by Crippen LogP contribution is 2.53. The Bertz CT molecular complexity index is 3420. The van der Waals surface area contributed by atoms with Gasteiger partial charge in [0.1, 0.15) is 40.2 Å². The van der Waals surface area contributed by atoms with Gasteiger partial charge in [0.25, 0.3) is 0 Å². The van der Waals surface area contributed by atoms with Gasteiger partial charge in [-0.2, -0.15) is 0 Å². The molecule has 1 aliphatic rings. The van der Waals surface area contributed by atoms with E-state index in [9.17, 15) is 45.0 Å². The number of benzene rings is 8. The molecule has 8 aromatic rings. The molecule has 0 aromatic heterocycles. The summed E-state index contributed by atoms with van der Waals surface area (Å²) in [5, 5.41) is 67.4. The van der Waals surface area contributed by atoms with Crippen LogP contribution in [0.1, 0.15) is 133 Å². The maximum atomic E-state index is 12.4. The Hall–Kier alpha value is -9.23. The molecule has 13 nitrogen and oxygen atoms in total. The zero-order valence-corrected chi connectivity index (χ0v) is 41.2. The molecule has 4 atom stereocenters. The topological polar surface area (TPSA) is 210 Å². The monoisotopic (exact) mass is 992 g/mol. The standard InChI is InChI=1S/C61H52O13/c1-31-7-9-33(10-8-31)56-42-26-46(53(73-5)29-49(42)63)58(36-15-21-39(22-16-36)61(69)70)43-27-47(54(74-6)30-50(43)64)57(35-13-19-38(20-14-35)60(67)68)41-25-45(52(72-4)28-48(41)62)55(34-11-17-37(18-12-34)59(65)66)40-24-44(56)51(71-3)23-32(40)2/h7-30,55-58,62-64H,1-6H3,(H,65,66)(H,67,68)(H,69,70). The lowest BCUT2D eigenvalue weighted by Crippen LogP contribution is -2.15. The normalized spacial score (nSPS) is 15.9. The maximum Gasteiger partial charge on any atom is 0.335 e. The fourth-order valence-corrected chi connectivity index (χ4v) is 10.5. The molecular weight excluding hydrogens is 941 g/mol. The van der Waals surface area contributed by atoms with Crippen LogP contribution < -0.4 is 18.9 Å². The number of aromatic carboxylic acids is 3. The zero-order chi connectivity index (χ0) is 52.7. The largest absolute Gasteiger partial charge is 0.507 e. The molecule has 0 fully saturated rings. The molecule has 4 unspecified atom stereocenters. The van der Waals surface area contributed by atoms with Crippen molar-refractivity contribution in [1.82, 2.24) is 0 Å². The van der Waals surface area contributed by atoms with Crippen LogP contribution >= 0.6 is 0 Å². The first kappa shape index (κ1) is 49.7. The van der Waals surface area contributed by atoms with Crippen molar-refractivity contribution in [1.29, 1.82) is 0 Å². The van der Waals surface area contributed by atoms with Gasteiger partial charge >= 0.3 is 17.9 Å². The number of methoxy groups -OCH3 is 4. The van der Waals surface area contributed by atoms with Gasteiger partial charge in [-0.25, -0.2) is 14.4 Å². The van der Waals surface area contributed by atoms with Gasteiger partial charge in [-0.05, 0) is 114 Å². The summed E-state index contributed by atoms with van der Waals surface area (Å²) < 4.78 is 24.6. The summed E-state index contributed by atoms with van der Waals surface area (Å²) in [4.78, 5) is 36.8. The quantitative estimate of drug-likeness (QED) is 0.0713. The molecule has 0 radical (unpaired) electrons. The number of carboxylic acid groups (broad SMARTS) is 3. The van der Waals surface area contributed by atoms with Crippen LogP contribution in [0.5, 0.6) is 40.2 Å². The van der Waals surface area contributed by atoms with E-state index in [0.29, 0.717) is 61.4 Å². The average molecular weight is 993 g/mol. The van der Waals surface area contributed by atoms with Crippen LogP contribution in [0.4, 0.5) is 0 Å². The van der Waals surface area contributed by atoms with E-state index in [2.05, 4.69) is 0 Å². The Morgan fingerprint density at radius 2 is 0.581 bits per heavy atom. The van der Waals surface area contributed by atoms with Crippen LogP contribution in [-0.4, -0.2) is 77.0 Å². The summed E-state index contributed by atoms with van der Waals surface area (Å²) in [6, 6.07) is 40.7. The number of carboxylic acids is 3. The van der Waals surface area contributed by atoms with Crippen LogP contribution in [-0.2, 0) is 0 Å². The van der Waals surface area contributed by atoms with E-state index < -0.39 is 41.6 Å². The van der Waals surface area contributed by atoms with E-state index in [-0.39, 0.29) is 51.2 Å². The minimum Gasteiger partial charge on any atom is -0.507 e. The van der Waals surface area contributed by atoms with Crippen molar-refractivity contribution >= 4 is 17.9 Å². The summed E-state index contributed by atoms with van der Waals surface area (Å²) in [5.41, 5.74) is 8.23. The smallest absolute Gasteiger partial charge is 0.335 e. The van der Waals surface area contributed by atoms with Crippen molar-refractivity contribution in [2.75, 3.05) is 28.4 Å². The van der Waals surface area contributed by atoms with E-state index in [1.807, 2.05) is 62.4 Å². The van der Waals surface area contributed by atoms with Crippen molar-refractivity contribution in [2.24, 2.45) is 0 Å². The van der Waals surface area contributed by atoms with Crippen molar-refractivity contribution in [3.63, 3.8) is 0 Å². The Morgan fingerprint density at radius 3 is 0.851 bits per heavy atom. The van der Waals surface area contributed by atoms with Crippen molar-refractivity contribution in [3.05, 3.63) is 240 Å². The van der Waals surface area contributed by atoms with E-state index in [1.165, 1.54) is 75.9 Å². The first-order chi connectivity index (χ1) is 35.5. The van der Waals surface area contributed by atoms with E-state index in [1.54, 1.807) is 49.6 Å². The van der Waals surface area contributed by atoms with Gasteiger partial charge < -0.3 is 49.6 Å². The number of hydrogen-bond donors (Lipinski definition) is 6. The van der Waals surface area contributed by atoms with Gasteiger partial charge in [0.05, 0.1) is 45.1 Å². The Kier molecular flexibility index (Phi) is 13.5. The molecule has 0 aliphatic heterocycles. The van der Waals surface area contributed by atoms with Gasteiger partial charge in [-0.15, -0.1) is 0 Å². The summed E-state index contributed by atoms with van der Waals surface area (Å²) in [6.07, 6.45) is 0. The van der Waals surface area contributed by atoms with Crippen LogP contribution in [0.15, 0.2) is 146 Å². The molecule has 0 spiro atoms. The third-order valence-corrected chi connectivity index (χ3v) is 14.1. The highest BCUT2D eigenvalue weighted by atomic mass is 16.5. The highest BCUT2D eigenvalue weighted by Gasteiger charge is 2.36. The van der Waals surface area contributed by atoms with Gasteiger partial charge in [-0.3, -0.25) is 0 Å². The Labute approximate surface area is 426 Å². The molecular formula is C61H52O13. The van der Waals surface area contributed by atoms with Crippen molar-refractivity contribution in [2.45, 2.75) is 37.5 Å². The van der Waals surface area contributed by atoms with Crippen LogP contribution in [0.25, 0.3) is 0 Å². The van der Waals surface area contributed by atoms with Gasteiger partial charge in [0.2, 0.25) is 0 Å². The Balaban J connectivity index is 1.51. The molecule has 0 amide bonds. The molecule has 0 saturated heterocycles. The number of aryl methyl sites for hydroxylation is 2. The zero-order valence-electron chi connectivity index (χ0n) is 41.2.